The van der Waals surface area contributed by atoms with Crippen LogP contribution in [0.3, 0.4) is 0 Å². The summed E-state index contributed by atoms with van der Waals surface area (Å²) in [7, 11) is 0. The van der Waals surface area contributed by atoms with E-state index in [4.69, 9.17) is 4.52 Å². The zero-order chi connectivity index (χ0) is 32.2. The van der Waals surface area contributed by atoms with Gasteiger partial charge in [-0.15, -0.1) is 0 Å². The van der Waals surface area contributed by atoms with E-state index in [1.165, 1.54) is 22.4 Å². The van der Waals surface area contributed by atoms with Crippen molar-refractivity contribution in [3.63, 3.8) is 0 Å². The third-order valence-corrected chi connectivity index (χ3v) is 8.80. The van der Waals surface area contributed by atoms with Crippen molar-refractivity contribution in [1.29, 1.82) is 0 Å². The Morgan fingerprint density at radius 1 is 0.826 bits per heavy atom. The van der Waals surface area contributed by atoms with E-state index in [1.54, 1.807) is 0 Å². The minimum Gasteiger partial charge on any atom is -0.369 e. The fourth-order valence-corrected chi connectivity index (χ4v) is 6.19. The number of nitrogens with zero attached hydrogens (tertiary/aromatic N) is 4. The molecule has 2 heterocycles. The fraction of sp³-hybridized carbons (Fsp3) is 0.308. The number of amides is 1. The van der Waals surface area contributed by atoms with Crippen LogP contribution in [0.15, 0.2) is 95.5 Å². The third kappa shape index (κ3) is 7.05. The van der Waals surface area contributed by atoms with E-state index in [0.717, 1.165) is 55.1 Å². The Morgan fingerprint density at radius 2 is 1.54 bits per heavy atom. The van der Waals surface area contributed by atoms with Gasteiger partial charge in [0.1, 0.15) is 0 Å². The number of aromatic nitrogens is 2. The molecular formula is C39H43N5O2. The Labute approximate surface area is 272 Å². The van der Waals surface area contributed by atoms with Crippen LogP contribution in [0.25, 0.3) is 22.6 Å². The Kier molecular flexibility index (Phi) is 9.31. The van der Waals surface area contributed by atoms with Crippen LogP contribution in [-0.4, -0.2) is 47.1 Å². The summed E-state index contributed by atoms with van der Waals surface area (Å²) in [5.74, 6) is 1.86. The molecule has 7 nitrogen and oxygen atoms in total. The molecule has 1 aliphatic rings. The van der Waals surface area contributed by atoms with Crippen molar-refractivity contribution in [2.75, 3.05) is 36.4 Å². The third-order valence-electron chi connectivity index (χ3n) is 8.80. The molecule has 1 aliphatic heterocycles. The van der Waals surface area contributed by atoms with Gasteiger partial charge in [0, 0.05) is 55.2 Å². The predicted octanol–water partition coefficient (Wildman–Crippen LogP) is 8.53. The highest BCUT2D eigenvalue weighted by Crippen LogP contribution is 2.34. The van der Waals surface area contributed by atoms with Crippen molar-refractivity contribution in [2.24, 2.45) is 0 Å². The Bertz CT molecular complexity index is 1780. The summed E-state index contributed by atoms with van der Waals surface area (Å²) in [5, 5.41) is 7.08. The van der Waals surface area contributed by atoms with E-state index >= 15 is 0 Å². The molecule has 1 fully saturated rings. The lowest BCUT2D eigenvalue weighted by Crippen LogP contribution is -2.45. The summed E-state index contributed by atoms with van der Waals surface area (Å²) < 4.78 is 5.35. The van der Waals surface area contributed by atoms with Crippen molar-refractivity contribution in [3.05, 3.63) is 119 Å². The van der Waals surface area contributed by atoms with E-state index in [9.17, 15) is 4.79 Å². The number of hydrogen-bond donors (Lipinski definition) is 1. The number of anilines is 2. The molecule has 4 aromatic carbocycles. The zero-order valence-electron chi connectivity index (χ0n) is 27.5. The molecule has 6 rings (SSSR count). The molecule has 0 unspecified atom stereocenters. The van der Waals surface area contributed by atoms with E-state index in [0.29, 0.717) is 29.1 Å². The van der Waals surface area contributed by atoms with E-state index in [1.807, 2.05) is 43.3 Å². The van der Waals surface area contributed by atoms with Gasteiger partial charge in [0.15, 0.2) is 5.82 Å². The lowest BCUT2D eigenvalue weighted by Gasteiger charge is -2.36. The molecule has 1 N–H and O–H groups in total. The SMILES string of the molecule is Cc1noc(-c2cccc(CN3CCN(c4ccc(NC(=O)c5cccc(C(C)C)c5-c5ccc(C(C)C)cc5)cc4)CC3)c2)n1. The van der Waals surface area contributed by atoms with Crippen molar-refractivity contribution >= 4 is 17.3 Å². The van der Waals surface area contributed by atoms with Gasteiger partial charge in [-0.2, -0.15) is 4.98 Å². The number of carbonyl (C=O) groups is 1. The van der Waals surface area contributed by atoms with Gasteiger partial charge in [-0.25, -0.2) is 0 Å². The molecule has 0 radical (unpaired) electrons. The van der Waals surface area contributed by atoms with Crippen molar-refractivity contribution in [1.82, 2.24) is 15.0 Å². The number of nitrogens with one attached hydrogen (secondary N) is 1. The van der Waals surface area contributed by atoms with E-state index < -0.39 is 0 Å². The summed E-state index contributed by atoms with van der Waals surface area (Å²) in [5.41, 5.74) is 9.39. The van der Waals surface area contributed by atoms with Crippen LogP contribution in [0.1, 0.15) is 72.4 Å². The molecule has 5 aromatic rings. The van der Waals surface area contributed by atoms with Gasteiger partial charge >= 0.3 is 0 Å². The topological polar surface area (TPSA) is 74.5 Å². The quantitative estimate of drug-likeness (QED) is 0.180. The van der Waals surface area contributed by atoms with Gasteiger partial charge in [0.2, 0.25) is 0 Å². The molecule has 0 spiro atoms. The smallest absolute Gasteiger partial charge is 0.257 e. The predicted molar refractivity (Wildman–Crippen MR) is 186 cm³/mol. The fourth-order valence-electron chi connectivity index (χ4n) is 6.19. The molecule has 1 amide bonds. The average molecular weight is 614 g/mol. The van der Waals surface area contributed by atoms with Crippen LogP contribution >= 0.6 is 0 Å². The number of piperazine rings is 1. The molecule has 0 bridgehead atoms. The van der Waals surface area contributed by atoms with Gasteiger partial charge in [0.05, 0.1) is 0 Å². The standard InChI is InChI=1S/C39H43N5O2/c1-26(2)30-12-14-31(15-13-30)37-35(27(3)4)10-7-11-36(37)38(45)41-33-16-18-34(19-17-33)44-22-20-43(21-23-44)25-29-8-6-9-32(24-29)39-40-28(5)42-46-39/h6-19,24,26-27H,20-23,25H2,1-5H3,(H,41,45). The summed E-state index contributed by atoms with van der Waals surface area (Å²) in [4.78, 5) is 22.9. The normalized spacial score (nSPS) is 13.8. The van der Waals surface area contributed by atoms with Crippen LogP contribution in [0.4, 0.5) is 11.4 Å². The Hall–Kier alpha value is -4.75. The molecule has 0 aliphatic carbocycles. The number of hydrogen-bond acceptors (Lipinski definition) is 6. The monoisotopic (exact) mass is 613 g/mol. The van der Waals surface area contributed by atoms with E-state index in [-0.39, 0.29) is 5.91 Å². The van der Waals surface area contributed by atoms with Crippen LogP contribution in [0.2, 0.25) is 0 Å². The maximum absolute atomic E-state index is 13.7. The highest BCUT2D eigenvalue weighted by atomic mass is 16.5. The van der Waals surface area contributed by atoms with Gasteiger partial charge in [-0.1, -0.05) is 81.4 Å². The lowest BCUT2D eigenvalue weighted by atomic mass is 9.87. The largest absolute Gasteiger partial charge is 0.369 e. The molecule has 7 heteroatoms. The first-order valence-electron chi connectivity index (χ1n) is 16.3. The van der Waals surface area contributed by atoms with Gasteiger partial charge in [0.25, 0.3) is 11.8 Å². The summed E-state index contributed by atoms with van der Waals surface area (Å²) >= 11 is 0. The first-order chi connectivity index (χ1) is 22.2. The zero-order valence-corrected chi connectivity index (χ0v) is 27.5. The first kappa shape index (κ1) is 31.2. The van der Waals surface area contributed by atoms with Gasteiger partial charge < -0.3 is 14.7 Å². The summed E-state index contributed by atoms with van der Waals surface area (Å²) in [6.45, 7) is 15.3. The highest BCUT2D eigenvalue weighted by Gasteiger charge is 2.20. The molecule has 1 saturated heterocycles. The van der Waals surface area contributed by atoms with Gasteiger partial charge in [-0.3, -0.25) is 9.69 Å². The second-order valence-electron chi connectivity index (χ2n) is 12.8. The Morgan fingerprint density at radius 3 is 2.20 bits per heavy atom. The second-order valence-corrected chi connectivity index (χ2v) is 12.8. The van der Waals surface area contributed by atoms with Crippen LogP contribution < -0.4 is 10.2 Å². The Balaban J connectivity index is 1.09. The number of rotatable bonds is 9. The maximum Gasteiger partial charge on any atom is 0.257 e. The number of carbonyl (C=O) groups excluding carboxylic acids is 1. The van der Waals surface area contributed by atoms with Gasteiger partial charge in [-0.05, 0) is 89.0 Å². The molecular weight excluding hydrogens is 570 g/mol. The lowest BCUT2D eigenvalue weighted by molar-refractivity contribution is 0.102. The van der Waals surface area contributed by atoms with E-state index in [2.05, 4.69) is 108 Å². The van der Waals surface area contributed by atoms with Crippen LogP contribution in [-0.2, 0) is 6.54 Å². The summed E-state index contributed by atoms with van der Waals surface area (Å²) in [6.07, 6.45) is 0. The number of aryl methyl sites for hydroxylation is 1. The van der Waals surface area contributed by atoms with Crippen LogP contribution in [0.5, 0.6) is 0 Å². The maximum atomic E-state index is 13.7. The molecule has 46 heavy (non-hydrogen) atoms. The minimum absolute atomic E-state index is 0.0925. The molecule has 236 valence electrons. The van der Waals surface area contributed by atoms with Crippen LogP contribution in [0, 0.1) is 6.92 Å². The molecule has 1 aromatic heterocycles. The van der Waals surface area contributed by atoms with Crippen molar-refractivity contribution < 1.29 is 9.32 Å². The minimum atomic E-state index is -0.0925. The van der Waals surface area contributed by atoms with Crippen molar-refractivity contribution in [3.8, 4) is 22.6 Å². The molecule has 0 saturated carbocycles. The summed E-state index contributed by atoms with van der Waals surface area (Å²) in [6, 6.07) is 31.3. The van der Waals surface area contributed by atoms with Crippen molar-refractivity contribution in [2.45, 2.75) is 53.0 Å². The highest BCUT2D eigenvalue weighted by molar-refractivity contribution is 6.09. The number of benzene rings is 4. The average Bonchev–Trinajstić information content (AvgIpc) is 3.51. The first-order valence-corrected chi connectivity index (χ1v) is 16.3. The second kappa shape index (κ2) is 13.7. The molecule has 0 atom stereocenters.